The molecule has 3 nitrogen and oxygen atoms in total. The largest absolute Gasteiger partial charge is 0.490 e. The molecule has 0 aliphatic rings. The van der Waals surface area contributed by atoms with Gasteiger partial charge in [0.05, 0.1) is 17.7 Å². The standard InChI is InChI=1S/C15H24BrNO2.ClH/c1-5-18-14-8-12(10-17-9-11(3)4)7-13(16)15(14)19-6-2;/h7-8,11,17H,5-6,9-10H2,1-4H3;1H. The number of ether oxygens (including phenoxy) is 2. The highest BCUT2D eigenvalue weighted by molar-refractivity contribution is 9.10. The molecule has 1 aromatic carbocycles. The van der Waals surface area contributed by atoms with Gasteiger partial charge in [-0.25, -0.2) is 0 Å². The average Bonchev–Trinajstić information content (AvgIpc) is 2.33. The summed E-state index contributed by atoms with van der Waals surface area (Å²) in [6, 6.07) is 4.13. The molecule has 0 radical (unpaired) electrons. The molecule has 116 valence electrons. The number of hydrogen-bond donors (Lipinski definition) is 1. The Hall–Kier alpha value is -0.450. The first-order valence-electron chi connectivity index (χ1n) is 6.87. The van der Waals surface area contributed by atoms with Crippen LogP contribution in [0.1, 0.15) is 33.3 Å². The van der Waals surface area contributed by atoms with Gasteiger partial charge in [0, 0.05) is 6.54 Å². The molecule has 0 atom stereocenters. The Morgan fingerprint density at radius 3 is 2.35 bits per heavy atom. The van der Waals surface area contributed by atoms with Crippen molar-refractivity contribution in [2.24, 2.45) is 5.92 Å². The van der Waals surface area contributed by atoms with Gasteiger partial charge in [0.1, 0.15) is 0 Å². The van der Waals surface area contributed by atoms with Crippen molar-refractivity contribution < 1.29 is 9.47 Å². The summed E-state index contributed by atoms with van der Waals surface area (Å²) in [5.41, 5.74) is 1.19. The summed E-state index contributed by atoms with van der Waals surface area (Å²) < 4.78 is 12.2. The van der Waals surface area contributed by atoms with Gasteiger partial charge in [-0.1, -0.05) is 13.8 Å². The second kappa shape index (κ2) is 10.3. The van der Waals surface area contributed by atoms with Crippen LogP contribution in [0.2, 0.25) is 0 Å². The quantitative estimate of drug-likeness (QED) is 0.739. The molecule has 0 amide bonds. The predicted molar refractivity (Wildman–Crippen MR) is 90.3 cm³/mol. The van der Waals surface area contributed by atoms with Crippen molar-refractivity contribution in [2.45, 2.75) is 34.2 Å². The molecule has 0 spiro atoms. The zero-order chi connectivity index (χ0) is 14.3. The molecular formula is C15H25BrClNO2. The normalized spacial score (nSPS) is 10.3. The highest BCUT2D eigenvalue weighted by Crippen LogP contribution is 2.36. The third-order valence-electron chi connectivity index (χ3n) is 2.54. The van der Waals surface area contributed by atoms with Crippen LogP contribution in [0, 0.1) is 5.92 Å². The summed E-state index contributed by atoms with van der Waals surface area (Å²) in [6.45, 7) is 11.5. The number of hydrogen-bond acceptors (Lipinski definition) is 3. The van der Waals surface area contributed by atoms with Crippen LogP contribution < -0.4 is 14.8 Å². The van der Waals surface area contributed by atoms with Crippen molar-refractivity contribution in [2.75, 3.05) is 19.8 Å². The van der Waals surface area contributed by atoms with E-state index >= 15 is 0 Å². The van der Waals surface area contributed by atoms with E-state index in [1.807, 2.05) is 19.9 Å². The molecule has 5 heteroatoms. The fraction of sp³-hybridized carbons (Fsp3) is 0.600. The Balaban J connectivity index is 0.00000361. The van der Waals surface area contributed by atoms with Crippen LogP contribution >= 0.6 is 28.3 Å². The van der Waals surface area contributed by atoms with E-state index in [0.717, 1.165) is 29.1 Å². The third-order valence-corrected chi connectivity index (χ3v) is 3.13. The average molecular weight is 367 g/mol. The summed E-state index contributed by atoms with van der Waals surface area (Å²) in [6.07, 6.45) is 0. The summed E-state index contributed by atoms with van der Waals surface area (Å²) in [7, 11) is 0. The van der Waals surface area contributed by atoms with Crippen molar-refractivity contribution in [1.82, 2.24) is 5.32 Å². The minimum atomic E-state index is 0. The van der Waals surface area contributed by atoms with E-state index in [9.17, 15) is 0 Å². The van der Waals surface area contributed by atoms with E-state index in [0.29, 0.717) is 19.1 Å². The fourth-order valence-corrected chi connectivity index (χ4v) is 2.38. The molecule has 0 fully saturated rings. The predicted octanol–water partition coefficient (Wildman–Crippen LogP) is 4.41. The molecule has 0 saturated heterocycles. The lowest BCUT2D eigenvalue weighted by atomic mass is 10.2. The molecule has 0 saturated carbocycles. The molecule has 1 rings (SSSR count). The molecule has 1 aromatic rings. The molecule has 0 aromatic heterocycles. The fourth-order valence-electron chi connectivity index (χ4n) is 1.78. The molecule has 0 bridgehead atoms. The van der Waals surface area contributed by atoms with Crippen LogP contribution in [-0.2, 0) is 6.54 Å². The maximum Gasteiger partial charge on any atom is 0.175 e. The molecule has 0 heterocycles. The van der Waals surface area contributed by atoms with Crippen LogP contribution in [0.25, 0.3) is 0 Å². The van der Waals surface area contributed by atoms with Crippen molar-refractivity contribution in [3.05, 3.63) is 22.2 Å². The first-order valence-corrected chi connectivity index (χ1v) is 7.66. The molecule has 20 heavy (non-hydrogen) atoms. The zero-order valence-electron chi connectivity index (χ0n) is 12.7. The maximum atomic E-state index is 5.66. The highest BCUT2D eigenvalue weighted by Gasteiger charge is 2.11. The molecular weight excluding hydrogens is 342 g/mol. The zero-order valence-corrected chi connectivity index (χ0v) is 15.1. The summed E-state index contributed by atoms with van der Waals surface area (Å²) in [4.78, 5) is 0. The van der Waals surface area contributed by atoms with Crippen LogP contribution in [0.3, 0.4) is 0 Å². The van der Waals surface area contributed by atoms with Crippen LogP contribution in [-0.4, -0.2) is 19.8 Å². The minimum Gasteiger partial charge on any atom is -0.490 e. The molecule has 0 unspecified atom stereocenters. The Morgan fingerprint density at radius 2 is 1.80 bits per heavy atom. The summed E-state index contributed by atoms with van der Waals surface area (Å²) in [5.74, 6) is 2.24. The topological polar surface area (TPSA) is 30.5 Å². The molecule has 1 N–H and O–H groups in total. The third kappa shape index (κ3) is 6.33. The van der Waals surface area contributed by atoms with Gasteiger partial charge < -0.3 is 14.8 Å². The van der Waals surface area contributed by atoms with Crippen molar-refractivity contribution in [3.8, 4) is 11.5 Å². The number of nitrogens with one attached hydrogen (secondary N) is 1. The monoisotopic (exact) mass is 365 g/mol. The van der Waals surface area contributed by atoms with Gasteiger partial charge in [-0.2, -0.15) is 0 Å². The first-order chi connectivity index (χ1) is 9.08. The number of halogens is 2. The van der Waals surface area contributed by atoms with E-state index in [2.05, 4.69) is 41.2 Å². The van der Waals surface area contributed by atoms with Gasteiger partial charge in [-0.15, -0.1) is 12.4 Å². The molecule has 0 aliphatic heterocycles. The van der Waals surface area contributed by atoms with E-state index in [4.69, 9.17) is 9.47 Å². The van der Waals surface area contributed by atoms with Crippen molar-refractivity contribution in [1.29, 1.82) is 0 Å². The van der Waals surface area contributed by atoms with Crippen LogP contribution in [0.4, 0.5) is 0 Å². The number of rotatable bonds is 8. The lowest BCUT2D eigenvalue weighted by Gasteiger charge is -2.15. The van der Waals surface area contributed by atoms with Gasteiger partial charge in [-0.3, -0.25) is 0 Å². The molecule has 0 aliphatic carbocycles. The van der Waals surface area contributed by atoms with Crippen molar-refractivity contribution >= 4 is 28.3 Å². The van der Waals surface area contributed by atoms with E-state index in [1.54, 1.807) is 0 Å². The smallest absolute Gasteiger partial charge is 0.175 e. The van der Waals surface area contributed by atoms with Crippen LogP contribution in [0.5, 0.6) is 11.5 Å². The van der Waals surface area contributed by atoms with Gasteiger partial charge in [-0.05, 0) is 59.9 Å². The number of benzene rings is 1. The van der Waals surface area contributed by atoms with Gasteiger partial charge >= 0.3 is 0 Å². The Bertz CT molecular complexity index is 400. The van der Waals surface area contributed by atoms with Gasteiger partial charge in [0.2, 0.25) is 0 Å². The maximum absolute atomic E-state index is 5.66. The van der Waals surface area contributed by atoms with E-state index < -0.39 is 0 Å². The lowest BCUT2D eigenvalue weighted by molar-refractivity contribution is 0.286. The first kappa shape index (κ1) is 19.6. The van der Waals surface area contributed by atoms with E-state index in [1.165, 1.54) is 5.56 Å². The van der Waals surface area contributed by atoms with Gasteiger partial charge in [0.15, 0.2) is 11.5 Å². The summed E-state index contributed by atoms with van der Waals surface area (Å²) >= 11 is 3.56. The van der Waals surface area contributed by atoms with Crippen LogP contribution in [0.15, 0.2) is 16.6 Å². The van der Waals surface area contributed by atoms with Crippen molar-refractivity contribution in [3.63, 3.8) is 0 Å². The second-order valence-electron chi connectivity index (χ2n) is 4.80. The van der Waals surface area contributed by atoms with E-state index in [-0.39, 0.29) is 12.4 Å². The second-order valence-corrected chi connectivity index (χ2v) is 5.65. The Kier molecular flexibility index (Phi) is 10.1. The lowest BCUT2D eigenvalue weighted by Crippen LogP contribution is -2.19. The minimum absolute atomic E-state index is 0. The SMILES string of the molecule is CCOc1cc(CNCC(C)C)cc(Br)c1OCC.Cl. The van der Waals surface area contributed by atoms with Gasteiger partial charge in [0.25, 0.3) is 0 Å². The Morgan fingerprint density at radius 1 is 1.15 bits per heavy atom. The Labute approximate surface area is 137 Å². The summed E-state index contributed by atoms with van der Waals surface area (Å²) in [5, 5.41) is 3.43. The highest BCUT2D eigenvalue weighted by atomic mass is 79.9.